The number of hydrogen-bond acceptors (Lipinski definition) is 4. The smallest absolute Gasteiger partial charge is 0.203 e. The summed E-state index contributed by atoms with van der Waals surface area (Å²) in [6.45, 7) is 0. The van der Waals surface area contributed by atoms with E-state index in [1.54, 1.807) is 21.3 Å². The Labute approximate surface area is 95.3 Å². The number of nitrogens with two attached hydrogens (primary N) is 1. The molecule has 0 saturated carbocycles. The van der Waals surface area contributed by atoms with Crippen LogP contribution in [0.4, 0.5) is 0 Å². The Morgan fingerprint density at radius 2 is 1.81 bits per heavy atom. The van der Waals surface area contributed by atoms with Gasteiger partial charge in [-0.3, -0.25) is 0 Å². The Bertz CT molecular complexity index is 403. The second-order valence-corrected chi connectivity index (χ2v) is 3.86. The van der Waals surface area contributed by atoms with Crippen LogP contribution in [0, 0.1) is 0 Å². The van der Waals surface area contributed by atoms with Crippen molar-refractivity contribution in [3.8, 4) is 17.2 Å². The zero-order chi connectivity index (χ0) is 11.7. The van der Waals surface area contributed by atoms with Crippen LogP contribution in [0.2, 0.25) is 0 Å². The number of fused-ring (bicyclic) bond motifs is 1. The van der Waals surface area contributed by atoms with E-state index in [0.29, 0.717) is 17.2 Å². The van der Waals surface area contributed by atoms with E-state index in [1.165, 1.54) is 5.56 Å². The molecule has 4 heteroatoms. The van der Waals surface area contributed by atoms with Crippen molar-refractivity contribution >= 4 is 0 Å². The highest BCUT2D eigenvalue weighted by atomic mass is 16.5. The first kappa shape index (κ1) is 11.1. The number of hydrogen-bond donors (Lipinski definition) is 1. The summed E-state index contributed by atoms with van der Waals surface area (Å²) in [4.78, 5) is 0. The molecule has 0 spiro atoms. The van der Waals surface area contributed by atoms with Gasteiger partial charge in [0.15, 0.2) is 11.5 Å². The van der Waals surface area contributed by atoms with Crippen molar-refractivity contribution in [1.82, 2.24) is 0 Å². The van der Waals surface area contributed by atoms with Crippen molar-refractivity contribution in [2.24, 2.45) is 5.73 Å². The molecular weight excluding hydrogens is 206 g/mol. The van der Waals surface area contributed by atoms with Gasteiger partial charge in [0.1, 0.15) is 0 Å². The lowest BCUT2D eigenvalue weighted by Crippen LogP contribution is -2.08. The molecule has 0 radical (unpaired) electrons. The monoisotopic (exact) mass is 223 g/mol. The van der Waals surface area contributed by atoms with E-state index >= 15 is 0 Å². The van der Waals surface area contributed by atoms with Gasteiger partial charge in [-0.05, 0) is 24.5 Å². The van der Waals surface area contributed by atoms with Gasteiger partial charge in [0, 0.05) is 11.6 Å². The third kappa shape index (κ3) is 1.50. The standard InChI is InChI=1S/C12H17NO3/c1-14-9-6-7-4-5-8(13)10(7)12(16-3)11(9)15-2/h6,8H,4-5,13H2,1-3H3. The van der Waals surface area contributed by atoms with E-state index in [-0.39, 0.29) is 6.04 Å². The SMILES string of the molecule is COc1cc2c(c(OC)c1OC)C(N)CC2. The van der Waals surface area contributed by atoms with Gasteiger partial charge in [0.2, 0.25) is 5.75 Å². The maximum absolute atomic E-state index is 6.06. The van der Waals surface area contributed by atoms with Gasteiger partial charge in [0.25, 0.3) is 0 Å². The molecule has 1 atom stereocenters. The summed E-state index contributed by atoms with van der Waals surface area (Å²) in [6, 6.07) is 2.02. The first-order valence-corrected chi connectivity index (χ1v) is 5.30. The maximum atomic E-state index is 6.06. The molecule has 2 rings (SSSR count). The lowest BCUT2D eigenvalue weighted by Gasteiger charge is -2.17. The Morgan fingerprint density at radius 1 is 1.12 bits per heavy atom. The fourth-order valence-corrected chi connectivity index (χ4v) is 2.30. The zero-order valence-corrected chi connectivity index (χ0v) is 9.87. The summed E-state index contributed by atoms with van der Waals surface area (Å²) in [5.41, 5.74) is 8.31. The molecule has 0 bridgehead atoms. The van der Waals surface area contributed by atoms with Crippen molar-refractivity contribution in [3.63, 3.8) is 0 Å². The summed E-state index contributed by atoms with van der Waals surface area (Å²) in [5, 5.41) is 0. The summed E-state index contributed by atoms with van der Waals surface area (Å²) < 4.78 is 16.0. The van der Waals surface area contributed by atoms with Gasteiger partial charge in [-0.2, -0.15) is 0 Å². The highest BCUT2D eigenvalue weighted by molar-refractivity contribution is 5.61. The van der Waals surface area contributed by atoms with Gasteiger partial charge in [0.05, 0.1) is 21.3 Å². The molecule has 4 nitrogen and oxygen atoms in total. The van der Waals surface area contributed by atoms with Crippen molar-refractivity contribution in [1.29, 1.82) is 0 Å². The molecule has 2 N–H and O–H groups in total. The molecular formula is C12H17NO3. The van der Waals surface area contributed by atoms with Crippen LogP contribution in [0.5, 0.6) is 17.2 Å². The van der Waals surface area contributed by atoms with Gasteiger partial charge < -0.3 is 19.9 Å². The Balaban J connectivity index is 2.65. The molecule has 16 heavy (non-hydrogen) atoms. The summed E-state index contributed by atoms with van der Waals surface area (Å²) in [7, 11) is 4.86. The summed E-state index contributed by atoms with van der Waals surface area (Å²) >= 11 is 0. The number of rotatable bonds is 3. The molecule has 0 amide bonds. The second-order valence-electron chi connectivity index (χ2n) is 3.86. The van der Waals surface area contributed by atoms with Crippen molar-refractivity contribution in [2.45, 2.75) is 18.9 Å². The third-order valence-corrected chi connectivity index (χ3v) is 3.05. The Kier molecular flexibility index (Phi) is 2.92. The van der Waals surface area contributed by atoms with Crippen LogP contribution in [0.25, 0.3) is 0 Å². The fraction of sp³-hybridized carbons (Fsp3) is 0.500. The van der Waals surface area contributed by atoms with Gasteiger partial charge in [-0.1, -0.05) is 0 Å². The van der Waals surface area contributed by atoms with Crippen LogP contribution in [0.1, 0.15) is 23.6 Å². The molecule has 1 aliphatic carbocycles. The molecule has 0 saturated heterocycles. The van der Waals surface area contributed by atoms with E-state index < -0.39 is 0 Å². The predicted molar refractivity (Wildman–Crippen MR) is 61.3 cm³/mol. The minimum Gasteiger partial charge on any atom is -0.493 e. The van der Waals surface area contributed by atoms with Crippen molar-refractivity contribution in [3.05, 3.63) is 17.2 Å². The number of benzene rings is 1. The first-order chi connectivity index (χ1) is 7.72. The lowest BCUT2D eigenvalue weighted by atomic mass is 10.1. The highest BCUT2D eigenvalue weighted by Gasteiger charge is 2.28. The second kappa shape index (κ2) is 4.22. The molecule has 0 heterocycles. The van der Waals surface area contributed by atoms with E-state index in [0.717, 1.165) is 18.4 Å². The van der Waals surface area contributed by atoms with E-state index in [9.17, 15) is 0 Å². The average molecular weight is 223 g/mol. The van der Waals surface area contributed by atoms with E-state index in [2.05, 4.69) is 0 Å². The maximum Gasteiger partial charge on any atom is 0.203 e. The number of aryl methyl sites for hydroxylation is 1. The highest BCUT2D eigenvalue weighted by Crippen LogP contribution is 2.47. The van der Waals surface area contributed by atoms with Crippen LogP contribution >= 0.6 is 0 Å². The molecule has 88 valence electrons. The Hall–Kier alpha value is -1.42. The molecule has 1 aromatic carbocycles. The molecule has 1 aromatic rings. The minimum absolute atomic E-state index is 0.0322. The molecule has 1 aliphatic rings. The fourth-order valence-electron chi connectivity index (χ4n) is 2.30. The lowest BCUT2D eigenvalue weighted by molar-refractivity contribution is 0.321. The predicted octanol–water partition coefficient (Wildman–Crippen LogP) is 1.66. The topological polar surface area (TPSA) is 53.7 Å². The van der Waals surface area contributed by atoms with Crippen molar-refractivity contribution in [2.75, 3.05) is 21.3 Å². The Morgan fingerprint density at radius 3 is 2.38 bits per heavy atom. The molecule has 0 aliphatic heterocycles. The summed E-state index contributed by atoms with van der Waals surface area (Å²) in [6.07, 6.45) is 1.91. The van der Waals surface area contributed by atoms with Crippen LogP contribution in [0.15, 0.2) is 6.07 Å². The third-order valence-electron chi connectivity index (χ3n) is 3.05. The zero-order valence-electron chi connectivity index (χ0n) is 9.87. The van der Waals surface area contributed by atoms with Crippen LogP contribution in [0.3, 0.4) is 0 Å². The first-order valence-electron chi connectivity index (χ1n) is 5.30. The van der Waals surface area contributed by atoms with Crippen molar-refractivity contribution < 1.29 is 14.2 Å². The molecule has 1 unspecified atom stereocenters. The largest absolute Gasteiger partial charge is 0.493 e. The summed E-state index contributed by atoms with van der Waals surface area (Å²) in [5.74, 6) is 2.04. The number of methoxy groups -OCH3 is 3. The normalized spacial score (nSPS) is 18.1. The minimum atomic E-state index is 0.0322. The van der Waals surface area contributed by atoms with Gasteiger partial charge >= 0.3 is 0 Å². The van der Waals surface area contributed by atoms with Gasteiger partial charge in [-0.25, -0.2) is 0 Å². The average Bonchev–Trinajstić information content (AvgIpc) is 2.68. The van der Waals surface area contributed by atoms with Gasteiger partial charge in [-0.15, -0.1) is 0 Å². The van der Waals surface area contributed by atoms with E-state index in [4.69, 9.17) is 19.9 Å². The molecule has 0 aromatic heterocycles. The van der Waals surface area contributed by atoms with E-state index in [1.807, 2.05) is 6.07 Å². The number of ether oxygens (including phenoxy) is 3. The van der Waals surface area contributed by atoms with Crippen LogP contribution in [-0.4, -0.2) is 21.3 Å². The van der Waals surface area contributed by atoms with Crippen LogP contribution in [-0.2, 0) is 6.42 Å². The quantitative estimate of drug-likeness (QED) is 0.846. The molecule has 0 fully saturated rings. The van der Waals surface area contributed by atoms with Crippen LogP contribution < -0.4 is 19.9 Å².